The van der Waals surface area contributed by atoms with E-state index >= 15 is 0 Å². The molecule has 1 aliphatic rings. The van der Waals surface area contributed by atoms with Crippen LogP contribution in [0.5, 0.6) is 0 Å². The Morgan fingerprint density at radius 3 is 2.50 bits per heavy atom. The topological polar surface area (TPSA) is 20.2 Å². The summed E-state index contributed by atoms with van der Waals surface area (Å²) in [4.78, 5) is 1.33. The fraction of sp³-hybridized carbons (Fsp3) is 0.571. The molecule has 1 fully saturated rings. The lowest BCUT2D eigenvalue weighted by molar-refractivity contribution is 0.106. The van der Waals surface area contributed by atoms with Crippen molar-refractivity contribution in [3.63, 3.8) is 0 Å². The van der Waals surface area contributed by atoms with Gasteiger partial charge in [-0.05, 0) is 36.3 Å². The van der Waals surface area contributed by atoms with Gasteiger partial charge in [0.2, 0.25) is 0 Å². The molecule has 0 unspecified atom stereocenters. The Kier molecular flexibility index (Phi) is 4.30. The van der Waals surface area contributed by atoms with Gasteiger partial charge in [-0.3, -0.25) is 0 Å². The van der Waals surface area contributed by atoms with Crippen LogP contribution in [0.4, 0.5) is 0 Å². The SMILES string of the molecule is CCSc1ccc([C@H]2CCCC[C@@H]2O)cc1. The lowest BCUT2D eigenvalue weighted by atomic mass is 9.82. The quantitative estimate of drug-likeness (QED) is 0.805. The molecule has 1 N–H and O–H groups in total. The molecular weight excluding hydrogens is 216 g/mol. The van der Waals surface area contributed by atoms with Crippen LogP contribution in [-0.4, -0.2) is 17.0 Å². The zero-order chi connectivity index (χ0) is 11.4. The van der Waals surface area contributed by atoms with E-state index < -0.39 is 0 Å². The molecule has 0 saturated heterocycles. The molecule has 0 radical (unpaired) electrons. The van der Waals surface area contributed by atoms with E-state index in [1.165, 1.54) is 23.3 Å². The van der Waals surface area contributed by atoms with Crippen molar-refractivity contribution < 1.29 is 5.11 Å². The summed E-state index contributed by atoms with van der Waals surface area (Å²) in [5, 5.41) is 9.99. The zero-order valence-electron chi connectivity index (χ0n) is 9.86. The molecule has 2 atom stereocenters. The minimum Gasteiger partial charge on any atom is -0.392 e. The van der Waals surface area contributed by atoms with E-state index in [9.17, 15) is 5.11 Å². The van der Waals surface area contributed by atoms with E-state index in [0.29, 0.717) is 5.92 Å². The molecule has 0 spiro atoms. The van der Waals surface area contributed by atoms with Crippen molar-refractivity contribution in [2.45, 2.75) is 49.5 Å². The van der Waals surface area contributed by atoms with Crippen LogP contribution in [0.2, 0.25) is 0 Å². The van der Waals surface area contributed by atoms with E-state index in [1.54, 1.807) is 0 Å². The highest BCUT2D eigenvalue weighted by Crippen LogP contribution is 2.33. The summed E-state index contributed by atoms with van der Waals surface area (Å²) in [5.74, 6) is 1.49. The van der Waals surface area contributed by atoms with Crippen LogP contribution in [-0.2, 0) is 0 Å². The Morgan fingerprint density at radius 2 is 1.88 bits per heavy atom. The average molecular weight is 236 g/mol. The second-order valence-corrected chi connectivity index (χ2v) is 5.80. The third-order valence-corrected chi connectivity index (χ3v) is 4.24. The normalized spacial score (nSPS) is 25.6. The molecular formula is C14H20OS. The number of hydrogen-bond donors (Lipinski definition) is 1. The standard InChI is InChI=1S/C14H20OS/c1-2-16-12-9-7-11(8-10-12)13-5-3-4-6-14(13)15/h7-10,13-15H,2-6H2,1H3/t13-,14+/m1/s1. The Balaban J connectivity index is 2.08. The summed E-state index contributed by atoms with van der Waals surface area (Å²) in [6.07, 6.45) is 4.42. The largest absolute Gasteiger partial charge is 0.392 e. The van der Waals surface area contributed by atoms with E-state index in [0.717, 1.165) is 18.6 Å². The van der Waals surface area contributed by atoms with Crippen LogP contribution in [0.3, 0.4) is 0 Å². The minimum absolute atomic E-state index is 0.126. The first-order valence-electron chi connectivity index (χ1n) is 6.22. The van der Waals surface area contributed by atoms with Crippen LogP contribution in [0.25, 0.3) is 0 Å². The van der Waals surface area contributed by atoms with Gasteiger partial charge in [-0.15, -0.1) is 11.8 Å². The van der Waals surface area contributed by atoms with Crippen molar-refractivity contribution in [1.29, 1.82) is 0 Å². The summed E-state index contributed by atoms with van der Waals surface area (Å²) in [7, 11) is 0. The van der Waals surface area contributed by atoms with Gasteiger partial charge in [-0.1, -0.05) is 31.9 Å². The van der Waals surface area contributed by atoms with Gasteiger partial charge in [0.1, 0.15) is 0 Å². The third-order valence-electron chi connectivity index (χ3n) is 3.35. The van der Waals surface area contributed by atoms with E-state index in [1.807, 2.05) is 11.8 Å². The van der Waals surface area contributed by atoms with Gasteiger partial charge in [0.05, 0.1) is 6.10 Å². The summed E-state index contributed by atoms with van der Waals surface area (Å²) >= 11 is 1.87. The number of aliphatic hydroxyl groups excluding tert-OH is 1. The highest BCUT2D eigenvalue weighted by atomic mass is 32.2. The second-order valence-electron chi connectivity index (χ2n) is 4.46. The maximum atomic E-state index is 9.99. The molecule has 0 aromatic heterocycles. The number of hydrogen-bond acceptors (Lipinski definition) is 2. The van der Waals surface area contributed by atoms with Crippen molar-refractivity contribution in [2.75, 3.05) is 5.75 Å². The van der Waals surface area contributed by atoms with Crippen LogP contribution in [0.15, 0.2) is 29.2 Å². The van der Waals surface area contributed by atoms with Gasteiger partial charge < -0.3 is 5.11 Å². The first-order valence-corrected chi connectivity index (χ1v) is 7.20. The summed E-state index contributed by atoms with van der Waals surface area (Å²) in [6, 6.07) is 8.75. The van der Waals surface area contributed by atoms with Crippen molar-refractivity contribution in [3.8, 4) is 0 Å². The number of thioether (sulfide) groups is 1. The van der Waals surface area contributed by atoms with Crippen molar-refractivity contribution in [3.05, 3.63) is 29.8 Å². The first-order chi connectivity index (χ1) is 7.81. The Morgan fingerprint density at radius 1 is 1.19 bits per heavy atom. The molecule has 0 bridgehead atoms. The maximum Gasteiger partial charge on any atom is 0.0608 e. The molecule has 1 aromatic rings. The molecule has 2 rings (SSSR count). The van der Waals surface area contributed by atoms with Crippen LogP contribution < -0.4 is 0 Å². The van der Waals surface area contributed by atoms with E-state index in [2.05, 4.69) is 31.2 Å². The van der Waals surface area contributed by atoms with Crippen molar-refractivity contribution >= 4 is 11.8 Å². The fourth-order valence-electron chi connectivity index (χ4n) is 2.48. The van der Waals surface area contributed by atoms with Crippen LogP contribution in [0, 0.1) is 0 Å². The fourth-order valence-corrected chi connectivity index (χ4v) is 3.14. The predicted molar refractivity (Wildman–Crippen MR) is 70.1 cm³/mol. The third kappa shape index (κ3) is 2.80. The second kappa shape index (κ2) is 5.74. The van der Waals surface area contributed by atoms with Crippen molar-refractivity contribution in [1.82, 2.24) is 0 Å². The van der Waals surface area contributed by atoms with Crippen LogP contribution in [0.1, 0.15) is 44.1 Å². The molecule has 1 nitrogen and oxygen atoms in total. The molecule has 88 valence electrons. The van der Waals surface area contributed by atoms with E-state index in [-0.39, 0.29) is 6.10 Å². The monoisotopic (exact) mass is 236 g/mol. The molecule has 1 aromatic carbocycles. The maximum absolute atomic E-state index is 9.99. The van der Waals surface area contributed by atoms with Gasteiger partial charge in [0.25, 0.3) is 0 Å². The highest BCUT2D eigenvalue weighted by Gasteiger charge is 2.24. The summed E-state index contributed by atoms with van der Waals surface area (Å²) in [5.41, 5.74) is 1.31. The molecule has 0 amide bonds. The average Bonchev–Trinajstić information content (AvgIpc) is 2.31. The number of benzene rings is 1. The van der Waals surface area contributed by atoms with Crippen LogP contribution >= 0.6 is 11.8 Å². The van der Waals surface area contributed by atoms with Gasteiger partial charge in [0.15, 0.2) is 0 Å². The molecule has 1 aliphatic carbocycles. The Labute approximate surface area is 102 Å². The Hall–Kier alpha value is -0.470. The zero-order valence-corrected chi connectivity index (χ0v) is 10.7. The number of aliphatic hydroxyl groups is 1. The van der Waals surface area contributed by atoms with Crippen molar-refractivity contribution in [2.24, 2.45) is 0 Å². The lowest BCUT2D eigenvalue weighted by Gasteiger charge is -2.28. The molecule has 0 heterocycles. The predicted octanol–water partition coefficient (Wildman–Crippen LogP) is 3.82. The molecule has 0 aliphatic heterocycles. The summed E-state index contributed by atoms with van der Waals surface area (Å²) in [6.45, 7) is 2.17. The van der Waals surface area contributed by atoms with Gasteiger partial charge in [-0.25, -0.2) is 0 Å². The lowest BCUT2D eigenvalue weighted by Crippen LogP contribution is -2.22. The van der Waals surface area contributed by atoms with E-state index in [4.69, 9.17) is 0 Å². The Bertz CT molecular complexity index is 320. The van der Waals surface area contributed by atoms with Gasteiger partial charge >= 0.3 is 0 Å². The molecule has 1 saturated carbocycles. The first kappa shape index (κ1) is 12.0. The smallest absolute Gasteiger partial charge is 0.0608 e. The highest BCUT2D eigenvalue weighted by molar-refractivity contribution is 7.99. The minimum atomic E-state index is -0.126. The van der Waals surface area contributed by atoms with Gasteiger partial charge in [0, 0.05) is 10.8 Å². The molecule has 2 heteroatoms. The summed E-state index contributed by atoms with van der Waals surface area (Å²) < 4.78 is 0. The number of rotatable bonds is 3. The van der Waals surface area contributed by atoms with Gasteiger partial charge in [-0.2, -0.15) is 0 Å². The molecule has 16 heavy (non-hydrogen) atoms.